The number of hydrogen-bond donors (Lipinski definition) is 2. The molecule has 0 aromatic rings. The van der Waals surface area contributed by atoms with E-state index >= 15 is 0 Å². The van der Waals surface area contributed by atoms with Crippen molar-refractivity contribution in [3.8, 4) is 6.07 Å². The van der Waals surface area contributed by atoms with Crippen molar-refractivity contribution in [3.63, 3.8) is 0 Å². The summed E-state index contributed by atoms with van der Waals surface area (Å²) in [6, 6.07) is 4.64. The number of rotatable bonds is 20. The van der Waals surface area contributed by atoms with Crippen molar-refractivity contribution in [2.24, 2.45) is 9.98 Å². The van der Waals surface area contributed by atoms with Crippen LogP contribution in [0.25, 0.3) is 0 Å². The molecule has 0 aromatic heterocycles. The van der Waals surface area contributed by atoms with Gasteiger partial charge in [-0.05, 0) is 59.8 Å². The van der Waals surface area contributed by atoms with Gasteiger partial charge in [0.05, 0.1) is 18.1 Å². The Morgan fingerprint density at radius 1 is 0.939 bits per heavy atom. The Morgan fingerprint density at radius 3 is 1.91 bits per heavy atom. The molecule has 2 N–H and O–H groups in total. The van der Waals surface area contributed by atoms with Crippen LogP contribution in [-0.4, -0.2) is 78.3 Å². The van der Waals surface area contributed by atoms with E-state index in [-0.39, 0.29) is 17.6 Å². The second-order valence-corrected chi connectivity index (χ2v) is 8.03. The van der Waals surface area contributed by atoms with Crippen molar-refractivity contribution < 1.29 is 39.4 Å². The molecule has 0 bridgehead atoms. The standard InChI is InChI=1S/C22H37N3O8/c1-17(9-13-30-11-5-7-20(32-28)18(2)26)24-16-25-22(4,15-23)10-14-31-12-6-8-21(33-29)19(3)27/h17,20-21,28-29H,5-14H2,1-4H3. The van der Waals surface area contributed by atoms with Crippen LogP contribution in [0.1, 0.15) is 66.2 Å². The largest absolute Gasteiger partial charge is 0.381 e. The van der Waals surface area contributed by atoms with Gasteiger partial charge in [-0.3, -0.25) is 20.1 Å². The minimum atomic E-state index is -1.02. The Kier molecular flexibility index (Phi) is 17.3. The van der Waals surface area contributed by atoms with Gasteiger partial charge in [0.1, 0.15) is 0 Å². The summed E-state index contributed by atoms with van der Waals surface area (Å²) in [7, 11) is 0. The molecule has 0 aromatic carbocycles. The Bertz CT molecular complexity index is 675. The monoisotopic (exact) mass is 471 g/mol. The summed E-state index contributed by atoms with van der Waals surface area (Å²) in [5.74, 6) is -0.480. The minimum absolute atomic E-state index is 0.0957. The van der Waals surface area contributed by atoms with Crippen molar-refractivity contribution in [3.05, 3.63) is 0 Å². The van der Waals surface area contributed by atoms with E-state index in [1.165, 1.54) is 13.8 Å². The molecule has 4 atom stereocenters. The van der Waals surface area contributed by atoms with Gasteiger partial charge >= 0.3 is 0 Å². The van der Waals surface area contributed by atoms with Crippen LogP contribution in [0.2, 0.25) is 0 Å². The zero-order valence-corrected chi connectivity index (χ0v) is 20.0. The molecule has 0 amide bonds. The van der Waals surface area contributed by atoms with Crippen LogP contribution >= 0.6 is 0 Å². The highest BCUT2D eigenvalue weighted by atomic mass is 17.1. The lowest BCUT2D eigenvalue weighted by Gasteiger charge is -2.15. The van der Waals surface area contributed by atoms with Gasteiger partial charge in [0.25, 0.3) is 0 Å². The van der Waals surface area contributed by atoms with Crippen LogP contribution in [0.3, 0.4) is 0 Å². The lowest BCUT2D eigenvalue weighted by Crippen LogP contribution is -2.23. The van der Waals surface area contributed by atoms with Crippen LogP contribution in [0.15, 0.2) is 9.98 Å². The quantitative estimate of drug-likeness (QED) is 0.118. The third-order valence-corrected chi connectivity index (χ3v) is 4.90. The zero-order valence-electron chi connectivity index (χ0n) is 20.0. The molecule has 11 heteroatoms. The fourth-order valence-corrected chi connectivity index (χ4v) is 2.57. The maximum atomic E-state index is 11.1. The predicted octanol–water partition coefficient (Wildman–Crippen LogP) is 3.10. The first-order valence-electron chi connectivity index (χ1n) is 11.0. The lowest BCUT2D eigenvalue weighted by atomic mass is 10.0. The highest BCUT2D eigenvalue weighted by Crippen LogP contribution is 2.14. The average Bonchev–Trinajstić information content (AvgIpc) is 2.77. The highest BCUT2D eigenvalue weighted by Gasteiger charge is 2.22. The van der Waals surface area contributed by atoms with E-state index in [4.69, 9.17) is 20.0 Å². The molecule has 0 fully saturated rings. The van der Waals surface area contributed by atoms with Gasteiger partial charge in [0.2, 0.25) is 0 Å². The summed E-state index contributed by atoms with van der Waals surface area (Å²) in [6.07, 6.45) is 1.20. The Morgan fingerprint density at radius 2 is 1.45 bits per heavy atom. The molecule has 4 unspecified atom stereocenters. The number of carbonyl (C=O) groups excluding carboxylic acids is 2. The number of ether oxygens (including phenoxy) is 2. The SMILES string of the molecule is CC(=O)C(CCCOCCC(C)N=C=NC(C)(C#N)CCOCCCC(OO)C(C)=O)OO. The van der Waals surface area contributed by atoms with Gasteiger partial charge in [-0.2, -0.15) is 5.26 Å². The van der Waals surface area contributed by atoms with Gasteiger partial charge in [0, 0.05) is 32.8 Å². The van der Waals surface area contributed by atoms with Crippen LogP contribution in [0, 0.1) is 11.3 Å². The van der Waals surface area contributed by atoms with E-state index < -0.39 is 17.7 Å². The number of nitriles is 1. The first-order valence-corrected chi connectivity index (χ1v) is 11.0. The zero-order chi connectivity index (χ0) is 25.1. The second-order valence-electron chi connectivity index (χ2n) is 8.03. The number of carbonyl (C=O) groups is 2. The summed E-state index contributed by atoms with van der Waals surface area (Å²) >= 11 is 0. The Balaban J connectivity index is 4.14. The van der Waals surface area contributed by atoms with E-state index in [9.17, 15) is 14.9 Å². The molecule has 33 heavy (non-hydrogen) atoms. The smallest absolute Gasteiger partial charge is 0.161 e. The van der Waals surface area contributed by atoms with Crippen molar-refractivity contribution in [1.29, 1.82) is 5.26 Å². The van der Waals surface area contributed by atoms with E-state index in [1.54, 1.807) is 6.92 Å². The first kappa shape index (κ1) is 31.0. The van der Waals surface area contributed by atoms with Crippen molar-refractivity contribution in [2.75, 3.05) is 26.4 Å². The molecule has 0 saturated heterocycles. The van der Waals surface area contributed by atoms with Gasteiger partial charge in [-0.1, -0.05) is 0 Å². The molecule has 0 radical (unpaired) electrons. The normalized spacial score (nSPS) is 15.4. The first-order chi connectivity index (χ1) is 15.7. The van der Waals surface area contributed by atoms with Crippen LogP contribution in [0.4, 0.5) is 0 Å². The summed E-state index contributed by atoms with van der Waals surface area (Å²) in [5, 5.41) is 26.7. The average molecular weight is 472 g/mol. The molecule has 0 aliphatic heterocycles. The number of hydrogen-bond acceptors (Lipinski definition) is 11. The van der Waals surface area contributed by atoms with Crippen molar-refractivity contribution >= 4 is 17.6 Å². The van der Waals surface area contributed by atoms with E-state index in [1.807, 2.05) is 6.92 Å². The second kappa shape index (κ2) is 18.4. The van der Waals surface area contributed by atoms with Crippen LogP contribution < -0.4 is 0 Å². The minimum Gasteiger partial charge on any atom is -0.381 e. The van der Waals surface area contributed by atoms with E-state index in [2.05, 4.69) is 31.8 Å². The van der Waals surface area contributed by atoms with Crippen LogP contribution in [-0.2, 0) is 28.8 Å². The molecular formula is C22H37N3O8. The lowest BCUT2D eigenvalue weighted by molar-refractivity contribution is -0.272. The third kappa shape index (κ3) is 15.4. The molecule has 0 rings (SSSR count). The predicted molar refractivity (Wildman–Crippen MR) is 119 cm³/mol. The molecule has 0 heterocycles. The fourth-order valence-electron chi connectivity index (χ4n) is 2.57. The molecule has 0 saturated carbocycles. The van der Waals surface area contributed by atoms with E-state index in [0.717, 1.165) is 0 Å². The Labute approximate surface area is 195 Å². The number of ketones is 2. The number of aliphatic imine (C=N–C) groups is 2. The summed E-state index contributed by atoms with van der Waals surface area (Å²) in [6.45, 7) is 7.82. The summed E-state index contributed by atoms with van der Waals surface area (Å²) in [5.41, 5.74) is -1.02. The molecule has 188 valence electrons. The number of Topliss-reactive ketones (excluding diaryl/α,β-unsaturated/α-hetero) is 2. The summed E-state index contributed by atoms with van der Waals surface area (Å²) in [4.78, 5) is 38.8. The third-order valence-electron chi connectivity index (χ3n) is 4.90. The van der Waals surface area contributed by atoms with E-state index in [0.29, 0.717) is 65.0 Å². The maximum absolute atomic E-state index is 11.1. The Hall–Kier alpha value is -2.03. The molecular weight excluding hydrogens is 434 g/mol. The van der Waals surface area contributed by atoms with Crippen LogP contribution in [0.5, 0.6) is 0 Å². The molecule has 0 aliphatic rings. The van der Waals surface area contributed by atoms with Gasteiger partial charge < -0.3 is 9.47 Å². The van der Waals surface area contributed by atoms with Gasteiger partial charge in [-0.25, -0.2) is 19.8 Å². The van der Waals surface area contributed by atoms with Crippen molar-refractivity contribution in [2.45, 2.75) is 90.0 Å². The molecule has 0 spiro atoms. The molecule has 0 aliphatic carbocycles. The highest BCUT2D eigenvalue weighted by molar-refractivity contribution is 5.80. The fraction of sp³-hybridized carbons (Fsp3) is 0.818. The maximum Gasteiger partial charge on any atom is 0.161 e. The van der Waals surface area contributed by atoms with Crippen molar-refractivity contribution in [1.82, 2.24) is 0 Å². The van der Waals surface area contributed by atoms with Gasteiger partial charge in [-0.15, -0.1) is 0 Å². The van der Waals surface area contributed by atoms with Gasteiger partial charge in [0.15, 0.2) is 29.3 Å². The number of nitrogens with zero attached hydrogens (tertiary/aromatic N) is 3. The topological polar surface area (TPSA) is 160 Å². The summed E-state index contributed by atoms with van der Waals surface area (Å²) < 4.78 is 11.0. The molecule has 11 nitrogen and oxygen atoms in total.